The molecule has 2 amide bonds. The highest BCUT2D eigenvalue weighted by Gasteiger charge is 2.41. The smallest absolute Gasteiger partial charge is 0.265 e. The molecule has 0 fully saturated rings. The van der Waals surface area contributed by atoms with Gasteiger partial charge in [-0.05, 0) is 31.1 Å². The van der Waals surface area contributed by atoms with Gasteiger partial charge in [-0.15, -0.1) is 0 Å². The SMILES string of the molecule is O=C/C=C/CCOCCOCCOc1cccc2c1C(=O)N(C(C=O)CCC=O)C2=O. The topological polar surface area (TPSA) is 116 Å². The summed E-state index contributed by atoms with van der Waals surface area (Å²) in [6.07, 6.45) is 5.77. The van der Waals surface area contributed by atoms with E-state index in [1.54, 1.807) is 18.2 Å². The average Bonchev–Trinajstić information content (AvgIpc) is 3.04. The van der Waals surface area contributed by atoms with Crippen LogP contribution in [0, 0.1) is 0 Å². The lowest BCUT2D eigenvalue weighted by Crippen LogP contribution is -2.41. The molecule has 1 unspecified atom stereocenters. The Bertz CT molecular complexity index is 820. The summed E-state index contributed by atoms with van der Waals surface area (Å²) in [5.74, 6) is -0.957. The summed E-state index contributed by atoms with van der Waals surface area (Å²) in [5.41, 5.74) is 0.274. The maximum Gasteiger partial charge on any atom is 0.265 e. The molecule has 1 atom stereocenters. The minimum Gasteiger partial charge on any atom is -0.490 e. The molecule has 1 aliphatic rings. The van der Waals surface area contributed by atoms with Gasteiger partial charge in [0, 0.05) is 6.42 Å². The Morgan fingerprint density at radius 3 is 2.35 bits per heavy atom. The summed E-state index contributed by atoms with van der Waals surface area (Å²) in [4.78, 5) is 58.4. The summed E-state index contributed by atoms with van der Waals surface area (Å²) < 4.78 is 16.4. The largest absolute Gasteiger partial charge is 0.490 e. The number of hydrogen-bond donors (Lipinski definition) is 0. The molecule has 2 rings (SSSR count). The molecule has 1 aromatic rings. The Labute approximate surface area is 179 Å². The van der Waals surface area contributed by atoms with E-state index < -0.39 is 17.9 Å². The summed E-state index contributed by atoms with van der Waals surface area (Å²) in [6, 6.07) is 3.67. The van der Waals surface area contributed by atoms with Gasteiger partial charge in [-0.25, -0.2) is 0 Å². The molecule has 1 aliphatic heterocycles. The normalized spacial score (nSPS) is 14.0. The van der Waals surface area contributed by atoms with Gasteiger partial charge in [0.15, 0.2) is 0 Å². The molecule has 31 heavy (non-hydrogen) atoms. The molecule has 0 saturated heterocycles. The number of hydrogen-bond acceptors (Lipinski definition) is 8. The van der Waals surface area contributed by atoms with Crippen LogP contribution in [0.25, 0.3) is 0 Å². The monoisotopic (exact) mass is 431 g/mol. The molecule has 0 saturated carbocycles. The molecule has 0 aromatic heterocycles. The minimum absolute atomic E-state index is 0.0661. The third-order valence-electron chi connectivity index (χ3n) is 4.48. The highest BCUT2D eigenvalue weighted by molar-refractivity contribution is 6.23. The van der Waals surface area contributed by atoms with Crippen molar-refractivity contribution in [2.24, 2.45) is 0 Å². The van der Waals surface area contributed by atoms with Gasteiger partial charge in [0.2, 0.25) is 0 Å². The van der Waals surface area contributed by atoms with Crippen LogP contribution in [0.4, 0.5) is 0 Å². The third-order valence-corrected chi connectivity index (χ3v) is 4.48. The highest BCUT2D eigenvalue weighted by Crippen LogP contribution is 2.32. The first-order valence-corrected chi connectivity index (χ1v) is 9.94. The quantitative estimate of drug-likeness (QED) is 0.167. The zero-order chi connectivity index (χ0) is 22.5. The second-order valence-electron chi connectivity index (χ2n) is 6.53. The number of benzene rings is 1. The molecule has 9 heteroatoms. The molecule has 0 spiro atoms. The van der Waals surface area contributed by atoms with Gasteiger partial charge in [0.05, 0.1) is 43.6 Å². The van der Waals surface area contributed by atoms with E-state index in [4.69, 9.17) is 14.2 Å². The van der Waals surface area contributed by atoms with E-state index in [1.807, 2.05) is 0 Å². The van der Waals surface area contributed by atoms with Gasteiger partial charge in [0.25, 0.3) is 11.8 Å². The summed E-state index contributed by atoms with van der Waals surface area (Å²) in [6.45, 7) is 1.65. The number of imide groups is 1. The Hall–Kier alpha value is -3.17. The second kappa shape index (κ2) is 13.2. The van der Waals surface area contributed by atoms with Crippen molar-refractivity contribution in [2.75, 3.05) is 33.0 Å². The van der Waals surface area contributed by atoms with Crippen LogP contribution >= 0.6 is 0 Å². The van der Waals surface area contributed by atoms with Crippen LogP contribution in [0.1, 0.15) is 40.0 Å². The van der Waals surface area contributed by atoms with Crippen LogP contribution in [-0.4, -0.2) is 74.6 Å². The molecule has 0 bridgehead atoms. The van der Waals surface area contributed by atoms with E-state index in [1.165, 1.54) is 12.1 Å². The van der Waals surface area contributed by atoms with Crippen LogP contribution in [0.2, 0.25) is 0 Å². The Balaban J connectivity index is 1.83. The van der Waals surface area contributed by atoms with Gasteiger partial charge < -0.3 is 23.8 Å². The van der Waals surface area contributed by atoms with Crippen LogP contribution in [-0.2, 0) is 23.9 Å². The third kappa shape index (κ3) is 6.66. The molecular weight excluding hydrogens is 406 g/mol. The molecular formula is C22H25NO8. The lowest BCUT2D eigenvalue weighted by Gasteiger charge is -2.20. The number of amides is 2. The molecule has 166 valence electrons. The molecule has 9 nitrogen and oxygen atoms in total. The summed E-state index contributed by atoms with van der Waals surface area (Å²) in [7, 11) is 0. The minimum atomic E-state index is -0.997. The van der Waals surface area contributed by atoms with Crippen molar-refractivity contribution >= 4 is 30.7 Å². The fourth-order valence-electron chi connectivity index (χ4n) is 3.03. The first kappa shape index (κ1) is 24.1. The van der Waals surface area contributed by atoms with E-state index in [9.17, 15) is 24.0 Å². The van der Waals surface area contributed by atoms with E-state index in [0.717, 1.165) is 4.90 Å². The van der Waals surface area contributed by atoms with Gasteiger partial charge >= 0.3 is 0 Å². The Morgan fingerprint density at radius 2 is 1.65 bits per heavy atom. The van der Waals surface area contributed by atoms with E-state index in [2.05, 4.69) is 0 Å². The maximum absolute atomic E-state index is 12.8. The van der Waals surface area contributed by atoms with E-state index >= 15 is 0 Å². The van der Waals surface area contributed by atoms with Crippen molar-refractivity contribution in [3.63, 3.8) is 0 Å². The van der Waals surface area contributed by atoms with Crippen LogP contribution in [0.3, 0.4) is 0 Å². The number of rotatable bonds is 16. The maximum atomic E-state index is 12.8. The lowest BCUT2D eigenvalue weighted by molar-refractivity contribution is -0.112. The number of nitrogens with zero attached hydrogens (tertiary/aromatic N) is 1. The summed E-state index contributed by atoms with van der Waals surface area (Å²) in [5, 5.41) is 0. The van der Waals surface area contributed by atoms with E-state index in [-0.39, 0.29) is 42.9 Å². The molecule has 0 aliphatic carbocycles. The fourth-order valence-corrected chi connectivity index (χ4v) is 3.03. The number of carbonyl (C=O) groups is 5. The fraction of sp³-hybridized carbons (Fsp3) is 0.409. The van der Waals surface area contributed by atoms with Crippen molar-refractivity contribution in [3.8, 4) is 5.75 Å². The summed E-state index contributed by atoms with van der Waals surface area (Å²) >= 11 is 0. The van der Waals surface area contributed by atoms with Gasteiger partial charge in [-0.2, -0.15) is 0 Å². The Morgan fingerprint density at radius 1 is 0.903 bits per heavy atom. The number of aldehydes is 3. The van der Waals surface area contributed by atoms with Gasteiger partial charge in [-0.1, -0.05) is 12.1 Å². The van der Waals surface area contributed by atoms with Crippen molar-refractivity contribution in [1.29, 1.82) is 0 Å². The predicted molar refractivity (Wildman–Crippen MR) is 109 cm³/mol. The average molecular weight is 431 g/mol. The van der Waals surface area contributed by atoms with Gasteiger partial charge in [-0.3, -0.25) is 19.3 Å². The number of fused-ring (bicyclic) bond motifs is 1. The molecule has 1 aromatic carbocycles. The number of carbonyl (C=O) groups excluding carboxylic acids is 5. The number of allylic oxidation sites excluding steroid dienone is 1. The van der Waals surface area contributed by atoms with E-state index in [0.29, 0.717) is 45.1 Å². The standard InChI is InChI=1S/C22H25NO8/c24-9-2-1-3-11-29-12-13-30-14-15-31-19-8-4-7-18-20(19)22(28)23(21(18)27)17(16-26)6-5-10-25/h1-2,4,7-10,16-17H,3,5-6,11-15H2/b2-1+. The zero-order valence-corrected chi connectivity index (χ0v) is 17.1. The lowest BCUT2D eigenvalue weighted by atomic mass is 10.1. The van der Waals surface area contributed by atoms with Crippen molar-refractivity contribution in [1.82, 2.24) is 4.90 Å². The molecule has 0 N–H and O–H groups in total. The van der Waals surface area contributed by atoms with Crippen LogP contribution in [0.15, 0.2) is 30.4 Å². The zero-order valence-electron chi connectivity index (χ0n) is 17.1. The van der Waals surface area contributed by atoms with Crippen LogP contribution < -0.4 is 4.74 Å². The first-order chi connectivity index (χ1) is 15.2. The van der Waals surface area contributed by atoms with Gasteiger partial charge in [0.1, 0.15) is 31.2 Å². The molecule has 1 heterocycles. The first-order valence-electron chi connectivity index (χ1n) is 9.94. The van der Waals surface area contributed by atoms with Crippen molar-refractivity contribution < 1.29 is 38.2 Å². The highest BCUT2D eigenvalue weighted by atomic mass is 16.5. The molecule has 0 radical (unpaired) electrons. The van der Waals surface area contributed by atoms with Crippen molar-refractivity contribution in [3.05, 3.63) is 41.5 Å². The Kier molecular flexibility index (Phi) is 10.3. The number of ether oxygens (including phenoxy) is 3. The predicted octanol–water partition coefficient (Wildman–Crippen LogP) is 1.39. The van der Waals surface area contributed by atoms with Crippen LogP contribution in [0.5, 0.6) is 5.75 Å². The second-order valence-corrected chi connectivity index (χ2v) is 6.53. The van der Waals surface area contributed by atoms with Crippen molar-refractivity contribution in [2.45, 2.75) is 25.3 Å².